The van der Waals surface area contributed by atoms with Crippen molar-refractivity contribution >= 4 is 0 Å². The Morgan fingerprint density at radius 3 is 2.68 bits per heavy atom. The highest BCUT2D eigenvalue weighted by Gasteiger charge is 2.27. The van der Waals surface area contributed by atoms with Crippen molar-refractivity contribution in [2.75, 3.05) is 26.3 Å². The molecule has 0 aromatic carbocycles. The summed E-state index contributed by atoms with van der Waals surface area (Å²) in [7, 11) is 0. The van der Waals surface area contributed by atoms with Gasteiger partial charge in [-0.25, -0.2) is 0 Å². The molecule has 0 amide bonds. The van der Waals surface area contributed by atoms with Crippen LogP contribution in [0.4, 0.5) is 13.2 Å². The van der Waals surface area contributed by atoms with Gasteiger partial charge in [-0.1, -0.05) is 26.2 Å². The van der Waals surface area contributed by atoms with Crippen LogP contribution >= 0.6 is 0 Å². The van der Waals surface area contributed by atoms with Gasteiger partial charge in [0.1, 0.15) is 6.61 Å². The first-order valence-electron chi connectivity index (χ1n) is 7.32. The van der Waals surface area contributed by atoms with Gasteiger partial charge in [-0.2, -0.15) is 13.2 Å². The molecule has 1 aliphatic carbocycles. The third-order valence-electron chi connectivity index (χ3n) is 3.68. The predicted octanol–water partition coefficient (Wildman–Crippen LogP) is 3.76. The summed E-state index contributed by atoms with van der Waals surface area (Å²) in [6.07, 6.45) is 2.99. The van der Waals surface area contributed by atoms with Crippen molar-refractivity contribution in [3.8, 4) is 0 Å². The third-order valence-corrected chi connectivity index (χ3v) is 3.68. The van der Waals surface area contributed by atoms with E-state index in [0.29, 0.717) is 6.42 Å². The monoisotopic (exact) mass is 281 g/mol. The van der Waals surface area contributed by atoms with Gasteiger partial charge >= 0.3 is 6.18 Å². The van der Waals surface area contributed by atoms with E-state index in [0.717, 1.165) is 24.9 Å². The van der Waals surface area contributed by atoms with E-state index in [4.69, 9.17) is 0 Å². The Balaban J connectivity index is 1.86. The lowest BCUT2D eigenvalue weighted by molar-refractivity contribution is -0.173. The van der Waals surface area contributed by atoms with Crippen molar-refractivity contribution in [3.05, 3.63) is 0 Å². The normalized spacial score (nSPS) is 24.6. The first-order chi connectivity index (χ1) is 8.97. The SMILES string of the molecule is CC1CCCC(CCNCCCOCC(F)(F)F)C1. The molecule has 0 aromatic heterocycles. The van der Waals surface area contributed by atoms with E-state index in [2.05, 4.69) is 17.0 Å². The van der Waals surface area contributed by atoms with Gasteiger partial charge < -0.3 is 10.1 Å². The lowest BCUT2D eigenvalue weighted by atomic mass is 9.81. The number of alkyl halides is 3. The van der Waals surface area contributed by atoms with Crippen LogP contribution in [0.5, 0.6) is 0 Å². The van der Waals surface area contributed by atoms with Crippen molar-refractivity contribution in [2.45, 2.75) is 51.6 Å². The molecule has 0 bridgehead atoms. The van der Waals surface area contributed by atoms with E-state index < -0.39 is 12.8 Å². The third kappa shape index (κ3) is 9.27. The van der Waals surface area contributed by atoms with Gasteiger partial charge in [0.15, 0.2) is 0 Å². The Bertz CT molecular complexity index is 233. The Kier molecular flexibility index (Phi) is 7.76. The second-order valence-electron chi connectivity index (χ2n) is 5.70. The molecular formula is C14H26F3NO. The molecule has 2 unspecified atom stereocenters. The van der Waals surface area contributed by atoms with Crippen LogP contribution in [0.25, 0.3) is 0 Å². The maximum atomic E-state index is 11.8. The zero-order chi connectivity index (χ0) is 14.1. The van der Waals surface area contributed by atoms with Gasteiger partial charge in [0, 0.05) is 6.61 Å². The zero-order valence-electron chi connectivity index (χ0n) is 11.8. The molecule has 114 valence electrons. The van der Waals surface area contributed by atoms with Crippen LogP contribution in [0.3, 0.4) is 0 Å². The van der Waals surface area contributed by atoms with E-state index in [1.54, 1.807) is 0 Å². The Labute approximate surface area is 114 Å². The fourth-order valence-electron chi connectivity index (χ4n) is 2.74. The summed E-state index contributed by atoms with van der Waals surface area (Å²) in [4.78, 5) is 0. The largest absolute Gasteiger partial charge is 0.411 e. The molecule has 2 atom stereocenters. The summed E-state index contributed by atoms with van der Waals surface area (Å²) in [5.41, 5.74) is 0. The van der Waals surface area contributed by atoms with Crippen LogP contribution in [0, 0.1) is 11.8 Å². The first kappa shape index (κ1) is 16.8. The molecule has 0 aromatic rings. The van der Waals surface area contributed by atoms with Gasteiger partial charge in [-0.3, -0.25) is 0 Å². The fraction of sp³-hybridized carbons (Fsp3) is 1.00. The quantitative estimate of drug-likeness (QED) is 0.684. The molecule has 19 heavy (non-hydrogen) atoms. The molecular weight excluding hydrogens is 255 g/mol. The maximum Gasteiger partial charge on any atom is 0.411 e. The Hall–Kier alpha value is -0.290. The maximum absolute atomic E-state index is 11.8. The molecule has 1 fully saturated rings. The van der Waals surface area contributed by atoms with Crippen LogP contribution in [0.1, 0.15) is 45.4 Å². The molecule has 0 aliphatic heterocycles. The highest BCUT2D eigenvalue weighted by molar-refractivity contribution is 4.71. The summed E-state index contributed by atoms with van der Waals surface area (Å²) in [5, 5.41) is 3.28. The fourth-order valence-corrected chi connectivity index (χ4v) is 2.74. The number of ether oxygens (including phenoxy) is 1. The topological polar surface area (TPSA) is 21.3 Å². The standard InChI is InChI=1S/C14H26F3NO/c1-12-4-2-5-13(10-12)6-8-18-7-3-9-19-11-14(15,16)17/h12-13,18H,2-11H2,1H3. The summed E-state index contributed by atoms with van der Waals surface area (Å²) in [6, 6.07) is 0. The summed E-state index contributed by atoms with van der Waals surface area (Å²) in [5.74, 6) is 1.69. The first-order valence-corrected chi connectivity index (χ1v) is 7.32. The molecule has 0 saturated heterocycles. The second-order valence-corrected chi connectivity index (χ2v) is 5.70. The van der Waals surface area contributed by atoms with Crippen LogP contribution in [0.2, 0.25) is 0 Å². The molecule has 2 nitrogen and oxygen atoms in total. The van der Waals surface area contributed by atoms with Gasteiger partial charge in [0.25, 0.3) is 0 Å². The number of rotatable bonds is 8. The van der Waals surface area contributed by atoms with Crippen molar-refractivity contribution in [1.82, 2.24) is 5.32 Å². The van der Waals surface area contributed by atoms with Gasteiger partial charge in [0.2, 0.25) is 0 Å². The summed E-state index contributed by atoms with van der Waals surface area (Å²) >= 11 is 0. The summed E-state index contributed by atoms with van der Waals surface area (Å²) < 4.78 is 39.9. The minimum Gasteiger partial charge on any atom is -0.372 e. The van der Waals surface area contributed by atoms with E-state index in [-0.39, 0.29) is 6.61 Å². The van der Waals surface area contributed by atoms with Crippen molar-refractivity contribution in [2.24, 2.45) is 11.8 Å². The molecule has 5 heteroatoms. The predicted molar refractivity (Wildman–Crippen MR) is 70.1 cm³/mol. The molecule has 0 heterocycles. The van der Waals surface area contributed by atoms with Gasteiger partial charge in [-0.05, 0) is 44.2 Å². The molecule has 1 N–H and O–H groups in total. The molecule has 0 radical (unpaired) electrons. The molecule has 1 saturated carbocycles. The number of hydrogen-bond donors (Lipinski definition) is 1. The van der Waals surface area contributed by atoms with Crippen LogP contribution in [-0.2, 0) is 4.74 Å². The lowest BCUT2D eigenvalue weighted by Crippen LogP contribution is -2.23. The number of nitrogens with one attached hydrogen (secondary N) is 1. The van der Waals surface area contributed by atoms with Gasteiger partial charge in [0.05, 0.1) is 0 Å². The number of hydrogen-bond acceptors (Lipinski definition) is 2. The summed E-state index contributed by atoms with van der Waals surface area (Å²) in [6.45, 7) is 3.06. The number of halogens is 3. The van der Waals surface area contributed by atoms with Crippen molar-refractivity contribution < 1.29 is 17.9 Å². The van der Waals surface area contributed by atoms with E-state index >= 15 is 0 Å². The molecule has 0 spiro atoms. The Morgan fingerprint density at radius 2 is 2.00 bits per heavy atom. The Morgan fingerprint density at radius 1 is 1.21 bits per heavy atom. The zero-order valence-corrected chi connectivity index (χ0v) is 11.8. The van der Waals surface area contributed by atoms with Crippen molar-refractivity contribution in [1.29, 1.82) is 0 Å². The molecule has 1 aliphatic rings. The van der Waals surface area contributed by atoms with Crippen molar-refractivity contribution in [3.63, 3.8) is 0 Å². The van der Waals surface area contributed by atoms with Crippen LogP contribution in [0.15, 0.2) is 0 Å². The minimum absolute atomic E-state index is 0.174. The smallest absolute Gasteiger partial charge is 0.372 e. The second kappa shape index (κ2) is 8.80. The molecule has 1 rings (SSSR count). The minimum atomic E-state index is -4.20. The van der Waals surface area contributed by atoms with Crippen LogP contribution in [-0.4, -0.2) is 32.5 Å². The average molecular weight is 281 g/mol. The van der Waals surface area contributed by atoms with Gasteiger partial charge in [-0.15, -0.1) is 0 Å². The van der Waals surface area contributed by atoms with E-state index in [1.807, 2.05) is 0 Å². The van der Waals surface area contributed by atoms with E-state index in [9.17, 15) is 13.2 Å². The highest BCUT2D eigenvalue weighted by atomic mass is 19.4. The highest BCUT2D eigenvalue weighted by Crippen LogP contribution is 2.30. The van der Waals surface area contributed by atoms with E-state index in [1.165, 1.54) is 32.1 Å². The lowest BCUT2D eigenvalue weighted by Gasteiger charge is -2.26. The van der Waals surface area contributed by atoms with Crippen LogP contribution < -0.4 is 5.32 Å². The average Bonchev–Trinajstić information content (AvgIpc) is 2.31.